The first-order valence-corrected chi connectivity index (χ1v) is 11.3. The molecule has 0 heterocycles. The van der Waals surface area contributed by atoms with Crippen molar-refractivity contribution in [2.24, 2.45) is 52.8 Å². The second-order valence-electron chi connectivity index (χ2n) is 10.6. The van der Waals surface area contributed by atoms with E-state index >= 15 is 0 Å². The molecule has 0 aliphatic heterocycles. The number of carboxylic acid groups (broad SMARTS) is 1. The lowest BCUT2D eigenvalue weighted by atomic mass is 9.47. The van der Waals surface area contributed by atoms with Crippen molar-refractivity contribution < 1.29 is 9.90 Å². The molecule has 0 aromatic carbocycles. The van der Waals surface area contributed by atoms with Gasteiger partial charge in [0.15, 0.2) is 0 Å². The standard InChI is InChI=1S/C23H36O2/c1-23(22(24)25)13-12-15-7-9-19-18-8-6-14-4-2-3-5-16(14)17(18)10-11-20(19)21(15)23/h14-21H,2-13H2,1H3,(H,24,25). The van der Waals surface area contributed by atoms with Gasteiger partial charge in [-0.25, -0.2) is 0 Å². The number of hydrogen-bond donors (Lipinski definition) is 1. The molecule has 0 spiro atoms. The Balaban J connectivity index is 1.41. The zero-order chi connectivity index (χ0) is 17.2. The zero-order valence-corrected chi connectivity index (χ0v) is 16.0. The van der Waals surface area contributed by atoms with E-state index in [2.05, 4.69) is 6.92 Å². The number of carboxylic acids is 1. The monoisotopic (exact) mass is 344 g/mol. The molecular weight excluding hydrogens is 308 g/mol. The van der Waals surface area contributed by atoms with Crippen LogP contribution >= 0.6 is 0 Å². The summed E-state index contributed by atoms with van der Waals surface area (Å²) in [5.74, 6) is 6.28. The van der Waals surface area contributed by atoms with Crippen LogP contribution in [0, 0.1) is 52.8 Å². The molecule has 9 atom stereocenters. The molecule has 5 aliphatic carbocycles. The summed E-state index contributed by atoms with van der Waals surface area (Å²) in [5, 5.41) is 9.99. The van der Waals surface area contributed by atoms with E-state index in [-0.39, 0.29) is 0 Å². The highest BCUT2D eigenvalue weighted by Crippen LogP contribution is 2.64. The van der Waals surface area contributed by atoms with Gasteiger partial charge in [-0.3, -0.25) is 4.79 Å². The lowest BCUT2D eigenvalue weighted by molar-refractivity contribution is -0.157. The lowest BCUT2D eigenvalue weighted by Gasteiger charge is -2.57. The SMILES string of the molecule is CC1(C(=O)O)CCC2CCC3C4CCC5CCCCC5C4CCC3C21. The highest BCUT2D eigenvalue weighted by Gasteiger charge is 2.59. The second kappa shape index (κ2) is 5.99. The first kappa shape index (κ1) is 16.6. The van der Waals surface area contributed by atoms with Gasteiger partial charge >= 0.3 is 5.97 Å². The van der Waals surface area contributed by atoms with Crippen LogP contribution in [0.2, 0.25) is 0 Å². The minimum Gasteiger partial charge on any atom is -0.481 e. The van der Waals surface area contributed by atoms with E-state index in [1.165, 1.54) is 70.6 Å². The lowest BCUT2D eigenvalue weighted by Crippen LogP contribution is -2.51. The minimum absolute atomic E-state index is 0.428. The van der Waals surface area contributed by atoms with Gasteiger partial charge in [0, 0.05) is 0 Å². The summed E-state index contributed by atoms with van der Waals surface area (Å²) < 4.78 is 0. The summed E-state index contributed by atoms with van der Waals surface area (Å²) in [6.07, 6.45) is 16.5. The summed E-state index contributed by atoms with van der Waals surface area (Å²) in [6.45, 7) is 2.09. The highest BCUT2D eigenvalue weighted by atomic mass is 16.4. The molecule has 140 valence electrons. The molecule has 2 nitrogen and oxygen atoms in total. The van der Waals surface area contributed by atoms with Crippen molar-refractivity contribution in [3.8, 4) is 0 Å². The van der Waals surface area contributed by atoms with Gasteiger partial charge in [-0.2, -0.15) is 0 Å². The van der Waals surface area contributed by atoms with Gasteiger partial charge in [-0.1, -0.05) is 19.3 Å². The molecule has 0 saturated heterocycles. The quantitative estimate of drug-likeness (QED) is 0.657. The minimum atomic E-state index is -0.501. The Morgan fingerprint density at radius 3 is 2.12 bits per heavy atom. The largest absolute Gasteiger partial charge is 0.481 e. The Hall–Kier alpha value is -0.530. The molecule has 1 N–H and O–H groups in total. The van der Waals surface area contributed by atoms with Crippen LogP contribution in [0.5, 0.6) is 0 Å². The predicted octanol–water partition coefficient (Wildman–Crippen LogP) is 5.76. The van der Waals surface area contributed by atoms with Crippen LogP contribution in [0.4, 0.5) is 0 Å². The number of rotatable bonds is 1. The first-order valence-electron chi connectivity index (χ1n) is 11.3. The van der Waals surface area contributed by atoms with Crippen LogP contribution in [-0.4, -0.2) is 11.1 Å². The van der Waals surface area contributed by atoms with Crippen molar-refractivity contribution in [2.45, 2.75) is 84.0 Å². The Kier molecular flexibility index (Phi) is 3.99. The fraction of sp³-hybridized carbons (Fsp3) is 0.957. The highest BCUT2D eigenvalue weighted by molar-refractivity contribution is 5.75. The van der Waals surface area contributed by atoms with E-state index < -0.39 is 11.4 Å². The molecule has 0 radical (unpaired) electrons. The third-order valence-electron chi connectivity index (χ3n) is 9.97. The maximum absolute atomic E-state index is 12.1. The van der Waals surface area contributed by atoms with E-state index in [1.54, 1.807) is 0 Å². The molecular formula is C23H36O2. The number of carbonyl (C=O) groups is 1. The van der Waals surface area contributed by atoms with Crippen LogP contribution in [0.15, 0.2) is 0 Å². The molecule has 0 aromatic rings. The molecule has 25 heavy (non-hydrogen) atoms. The van der Waals surface area contributed by atoms with E-state index in [4.69, 9.17) is 0 Å². The second-order valence-corrected chi connectivity index (χ2v) is 10.6. The summed E-state index contributed by atoms with van der Waals surface area (Å²) in [4.78, 5) is 12.1. The topological polar surface area (TPSA) is 37.3 Å². The normalized spacial score (nSPS) is 54.8. The van der Waals surface area contributed by atoms with E-state index in [0.29, 0.717) is 11.8 Å². The number of aliphatic carboxylic acids is 1. The Bertz CT molecular complexity index is 542. The zero-order valence-electron chi connectivity index (χ0n) is 16.0. The molecule has 5 aliphatic rings. The van der Waals surface area contributed by atoms with Crippen molar-refractivity contribution in [3.63, 3.8) is 0 Å². The molecule has 5 fully saturated rings. The molecule has 5 saturated carbocycles. The van der Waals surface area contributed by atoms with E-state index in [0.717, 1.165) is 41.9 Å². The maximum Gasteiger partial charge on any atom is 0.309 e. The number of fused-ring (bicyclic) bond motifs is 7. The number of hydrogen-bond acceptors (Lipinski definition) is 1. The van der Waals surface area contributed by atoms with E-state index in [1.807, 2.05) is 0 Å². The van der Waals surface area contributed by atoms with Crippen LogP contribution in [0.3, 0.4) is 0 Å². The third-order valence-corrected chi connectivity index (χ3v) is 9.97. The maximum atomic E-state index is 12.1. The Labute approximate surface area is 153 Å². The van der Waals surface area contributed by atoms with Crippen LogP contribution in [-0.2, 0) is 4.79 Å². The van der Waals surface area contributed by atoms with Gasteiger partial charge in [0.2, 0.25) is 0 Å². The van der Waals surface area contributed by atoms with Crippen LogP contribution < -0.4 is 0 Å². The summed E-state index contributed by atoms with van der Waals surface area (Å²) in [6, 6.07) is 0. The molecule has 2 heteroatoms. The smallest absolute Gasteiger partial charge is 0.309 e. The average Bonchev–Trinajstić information content (AvgIpc) is 3.00. The first-order chi connectivity index (χ1) is 12.1. The van der Waals surface area contributed by atoms with Crippen molar-refractivity contribution in [3.05, 3.63) is 0 Å². The summed E-state index contributed by atoms with van der Waals surface area (Å²) >= 11 is 0. The van der Waals surface area contributed by atoms with Gasteiger partial charge in [0.05, 0.1) is 5.41 Å². The molecule has 0 bridgehead atoms. The van der Waals surface area contributed by atoms with Crippen LogP contribution in [0.1, 0.15) is 84.0 Å². The van der Waals surface area contributed by atoms with Crippen molar-refractivity contribution in [2.75, 3.05) is 0 Å². The fourth-order valence-electron chi connectivity index (χ4n) is 9.00. The van der Waals surface area contributed by atoms with Crippen molar-refractivity contribution in [1.82, 2.24) is 0 Å². The third kappa shape index (κ3) is 2.38. The van der Waals surface area contributed by atoms with Gasteiger partial charge in [0.1, 0.15) is 0 Å². The van der Waals surface area contributed by atoms with Crippen molar-refractivity contribution in [1.29, 1.82) is 0 Å². The van der Waals surface area contributed by atoms with Gasteiger partial charge in [-0.15, -0.1) is 0 Å². The molecule has 0 aromatic heterocycles. The van der Waals surface area contributed by atoms with E-state index in [9.17, 15) is 9.90 Å². The van der Waals surface area contributed by atoms with Gasteiger partial charge < -0.3 is 5.11 Å². The Morgan fingerprint density at radius 1 is 0.720 bits per heavy atom. The van der Waals surface area contributed by atoms with Crippen molar-refractivity contribution >= 4 is 5.97 Å². The average molecular weight is 345 g/mol. The van der Waals surface area contributed by atoms with Crippen LogP contribution in [0.25, 0.3) is 0 Å². The molecule has 0 amide bonds. The van der Waals surface area contributed by atoms with Gasteiger partial charge in [0.25, 0.3) is 0 Å². The summed E-state index contributed by atoms with van der Waals surface area (Å²) in [7, 11) is 0. The predicted molar refractivity (Wildman–Crippen MR) is 99.1 cm³/mol. The van der Waals surface area contributed by atoms with Gasteiger partial charge in [-0.05, 0) is 112 Å². The summed E-state index contributed by atoms with van der Waals surface area (Å²) in [5.41, 5.74) is -0.428. The fourth-order valence-corrected chi connectivity index (χ4v) is 9.00. The molecule has 9 unspecified atom stereocenters. The molecule has 5 rings (SSSR count). The Morgan fingerprint density at radius 2 is 1.32 bits per heavy atom.